The molecule has 186 valence electrons. The lowest BCUT2D eigenvalue weighted by Gasteiger charge is -2.18. The van der Waals surface area contributed by atoms with Gasteiger partial charge in [0.15, 0.2) is 0 Å². The van der Waals surface area contributed by atoms with Gasteiger partial charge in [0, 0.05) is 19.3 Å². The molecule has 0 bridgehead atoms. The standard InChI is InChI=1S/C30H39N3O2/c1-24-27(12-7-14-29(24)34-21-9-16-31-23-26-11-3-4-17-32-26)28-13-8-15-30(25(28)2)35-22-10-20-33-18-5-6-19-33/h3-4,7-8,11-15,17,31H,5-6,9-10,16,18-23H2,1-2H3. The van der Waals surface area contributed by atoms with Gasteiger partial charge in [0.1, 0.15) is 11.5 Å². The fourth-order valence-electron chi connectivity index (χ4n) is 4.70. The molecule has 1 aliphatic rings. The van der Waals surface area contributed by atoms with Gasteiger partial charge in [-0.25, -0.2) is 0 Å². The third kappa shape index (κ3) is 7.30. The van der Waals surface area contributed by atoms with Crippen molar-refractivity contribution >= 4 is 0 Å². The molecule has 0 unspecified atom stereocenters. The minimum absolute atomic E-state index is 0.679. The minimum Gasteiger partial charge on any atom is -0.493 e. The quantitative estimate of drug-likeness (QED) is 0.319. The molecule has 2 heterocycles. The third-order valence-electron chi connectivity index (χ3n) is 6.72. The van der Waals surface area contributed by atoms with E-state index in [1.807, 2.05) is 24.4 Å². The largest absolute Gasteiger partial charge is 0.493 e. The second-order valence-corrected chi connectivity index (χ2v) is 9.31. The number of pyridine rings is 1. The van der Waals surface area contributed by atoms with E-state index in [0.29, 0.717) is 6.61 Å². The van der Waals surface area contributed by atoms with Crippen molar-refractivity contribution in [2.75, 3.05) is 39.4 Å². The average Bonchev–Trinajstić information content (AvgIpc) is 3.40. The van der Waals surface area contributed by atoms with E-state index in [9.17, 15) is 0 Å². The predicted octanol–water partition coefficient (Wildman–Crippen LogP) is 5.79. The molecule has 0 radical (unpaired) electrons. The van der Waals surface area contributed by atoms with Gasteiger partial charge >= 0.3 is 0 Å². The Hall–Kier alpha value is -2.89. The zero-order valence-corrected chi connectivity index (χ0v) is 21.3. The van der Waals surface area contributed by atoms with Crippen LogP contribution in [0.25, 0.3) is 11.1 Å². The third-order valence-corrected chi connectivity index (χ3v) is 6.72. The minimum atomic E-state index is 0.679. The Labute approximate surface area is 210 Å². The lowest BCUT2D eigenvalue weighted by molar-refractivity contribution is 0.262. The molecule has 1 aliphatic heterocycles. The molecule has 0 amide bonds. The second-order valence-electron chi connectivity index (χ2n) is 9.31. The van der Waals surface area contributed by atoms with E-state index in [4.69, 9.17) is 9.47 Å². The maximum absolute atomic E-state index is 6.19. The summed E-state index contributed by atoms with van der Waals surface area (Å²) >= 11 is 0. The van der Waals surface area contributed by atoms with Crippen LogP contribution in [0.4, 0.5) is 0 Å². The summed E-state index contributed by atoms with van der Waals surface area (Å²) in [5.41, 5.74) is 5.83. The summed E-state index contributed by atoms with van der Waals surface area (Å²) in [6, 6.07) is 18.7. The van der Waals surface area contributed by atoms with Gasteiger partial charge in [-0.3, -0.25) is 4.98 Å². The van der Waals surface area contributed by atoms with Crippen LogP contribution in [0.1, 0.15) is 42.5 Å². The molecule has 0 spiro atoms. The highest BCUT2D eigenvalue weighted by molar-refractivity contribution is 5.74. The number of rotatable bonds is 13. The molecule has 1 N–H and O–H groups in total. The monoisotopic (exact) mass is 473 g/mol. The number of hydrogen-bond donors (Lipinski definition) is 1. The number of aromatic nitrogens is 1. The van der Waals surface area contributed by atoms with Crippen LogP contribution in [0, 0.1) is 13.8 Å². The highest BCUT2D eigenvalue weighted by atomic mass is 16.5. The average molecular weight is 474 g/mol. The smallest absolute Gasteiger partial charge is 0.122 e. The van der Waals surface area contributed by atoms with E-state index >= 15 is 0 Å². The van der Waals surface area contributed by atoms with Crippen molar-refractivity contribution in [2.45, 2.75) is 46.1 Å². The number of ether oxygens (including phenoxy) is 2. The molecule has 5 heteroatoms. The van der Waals surface area contributed by atoms with Gasteiger partial charge in [-0.05, 0) is 106 Å². The SMILES string of the molecule is Cc1c(OCCCNCc2ccccn2)cccc1-c1cccc(OCCCN2CCCC2)c1C. The van der Waals surface area contributed by atoms with Gasteiger partial charge < -0.3 is 19.7 Å². The molecule has 4 rings (SSSR count). The number of nitrogens with one attached hydrogen (secondary N) is 1. The van der Waals surface area contributed by atoms with E-state index in [1.165, 1.54) is 48.2 Å². The zero-order valence-electron chi connectivity index (χ0n) is 21.3. The molecular weight excluding hydrogens is 434 g/mol. The Balaban J connectivity index is 1.28. The van der Waals surface area contributed by atoms with E-state index in [2.05, 4.69) is 65.4 Å². The molecule has 0 atom stereocenters. The maximum Gasteiger partial charge on any atom is 0.122 e. The first-order valence-corrected chi connectivity index (χ1v) is 13.0. The molecular formula is C30H39N3O2. The summed E-state index contributed by atoms with van der Waals surface area (Å²) in [4.78, 5) is 6.88. The topological polar surface area (TPSA) is 46.6 Å². The molecule has 35 heavy (non-hydrogen) atoms. The van der Waals surface area contributed by atoms with Crippen LogP contribution in [0.15, 0.2) is 60.8 Å². The lowest BCUT2D eigenvalue weighted by Crippen LogP contribution is -2.22. The van der Waals surface area contributed by atoms with E-state index in [-0.39, 0.29) is 0 Å². The van der Waals surface area contributed by atoms with Crippen LogP contribution >= 0.6 is 0 Å². The van der Waals surface area contributed by atoms with Gasteiger partial charge in [-0.15, -0.1) is 0 Å². The highest BCUT2D eigenvalue weighted by Crippen LogP contribution is 2.35. The fourth-order valence-corrected chi connectivity index (χ4v) is 4.70. The summed E-state index contributed by atoms with van der Waals surface area (Å²) in [6.45, 7) is 11.0. The number of benzene rings is 2. The van der Waals surface area contributed by atoms with Gasteiger partial charge in [0.25, 0.3) is 0 Å². The van der Waals surface area contributed by atoms with Crippen LogP contribution in [-0.4, -0.2) is 49.3 Å². The van der Waals surface area contributed by atoms with Crippen molar-refractivity contribution in [2.24, 2.45) is 0 Å². The van der Waals surface area contributed by atoms with Gasteiger partial charge in [0.05, 0.1) is 18.9 Å². The van der Waals surface area contributed by atoms with Crippen LogP contribution < -0.4 is 14.8 Å². The van der Waals surface area contributed by atoms with Crippen LogP contribution in [0.2, 0.25) is 0 Å². The maximum atomic E-state index is 6.19. The van der Waals surface area contributed by atoms with Crippen LogP contribution in [-0.2, 0) is 6.54 Å². The van der Waals surface area contributed by atoms with Crippen LogP contribution in [0.3, 0.4) is 0 Å². The summed E-state index contributed by atoms with van der Waals surface area (Å²) < 4.78 is 12.4. The second kappa shape index (κ2) is 13.3. The molecule has 1 saturated heterocycles. The number of hydrogen-bond acceptors (Lipinski definition) is 5. The summed E-state index contributed by atoms with van der Waals surface area (Å²) in [5.74, 6) is 1.93. The molecule has 0 saturated carbocycles. The van der Waals surface area contributed by atoms with E-state index in [1.54, 1.807) is 0 Å². The Kier molecular flexibility index (Phi) is 9.56. The molecule has 1 aromatic heterocycles. The fraction of sp³-hybridized carbons (Fsp3) is 0.433. The highest BCUT2D eigenvalue weighted by Gasteiger charge is 2.13. The normalized spacial score (nSPS) is 13.8. The molecule has 1 fully saturated rings. The van der Waals surface area contributed by atoms with Crippen molar-refractivity contribution in [3.63, 3.8) is 0 Å². The van der Waals surface area contributed by atoms with Gasteiger partial charge in [-0.2, -0.15) is 0 Å². The Morgan fingerprint density at radius 2 is 1.46 bits per heavy atom. The van der Waals surface area contributed by atoms with Crippen molar-refractivity contribution in [1.29, 1.82) is 0 Å². The predicted molar refractivity (Wildman–Crippen MR) is 143 cm³/mol. The lowest BCUT2D eigenvalue weighted by atomic mass is 9.95. The summed E-state index contributed by atoms with van der Waals surface area (Å²) in [5, 5.41) is 3.43. The first-order valence-electron chi connectivity index (χ1n) is 13.0. The van der Waals surface area contributed by atoms with Crippen molar-refractivity contribution in [1.82, 2.24) is 15.2 Å². The van der Waals surface area contributed by atoms with Crippen molar-refractivity contribution in [3.05, 3.63) is 77.6 Å². The Bertz CT molecular complexity index is 1050. The molecule has 5 nitrogen and oxygen atoms in total. The Morgan fingerprint density at radius 1 is 0.800 bits per heavy atom. The number of likely N-dealkylation sites (tertiary alicyclic amines) is 1. The van der Waals surface area contributed by atoms with Gasteiger partial charge in [0.2, 0.25) is 0 Å². The molecule has 0 aliphatic carbocycles. The summed E-state index contributed by atoms with van der Waals surface area (Å²) in [7, 11) is 0. The molecule has 3 aromatic rings. The summed E-state index contributed by atoms with van der Waals surface area (Å²) in [6.07, 6.45) is 6.52. The molecule has 2 aromatic carbocycles. The van der Waals surface area contributed by atoms with E-state index in [0.717, 1.165) is 56.3 Å². The zero-order chi connectivity index (χ0) is 24.3. The van der Waals surface area contributed by atoms with Crippen LogP contribution in [0.5, 0.6) is 11.5 Å². The first kappa shape index (κ1) is 25.2. The Morgan fingerprint density at radius 3 is 2.09 bits per heavy atom. The number of nitrogens with zero attached hydrogens (tertiary/aromatic N) is 2. The van der Waals surface area contributed by atoms with E-state index < -0.39 is 0 Å². The van der Waals surface area contributed by atoms with Crippen molar-refractivity contribution in [3.8, 4) is 22.6 Å². The van der Waals surface area contributed by atoms with Crippen molar-refractivity contribution < 1.29 is 9.47 Å². The van der Waals surface area contributed by atoms with Gasteiger partial charge in [-0.1, -0.05) is 30.3 Å². The first-order chi connectivity index (χ1) is 17.2.